The van der Waals surface area contributed by atoms with Crippen LogP contribution >= 0.6 is 23.8 Å². The summed E-state index contributed by atoms with van der Waals surface area (Å²) in [5.41, 5.74) is 1.45. The molecule has 0 aliphatic heterocycles. The van der Waals surface area contributed by atoms with Gasteiger partial charge in [0.25, 0.3) is 0 Å². The molecule has 0 amide bonds. The molecule has 118 valence electrons. The zero-order chi connectivity index (χ0) is 15.2. The van der Waals surface area contributed by atoms with Gasteiger partial charge in [-0.25, -0.2) is 0 Å². The van der Waals surface area contributed by atoms with Crippen molar-refractivity contribution in [2.24, 2.45) is 17.8 Å². The summed E-state index contributed by atoms with van der Waals surface area (Å²) in [7, 11) is 0. The first kappa shape index (κ1) is 14.8. The molecule has 0 spiro atoms. The molecular weight excluding hydrogens is 312 g/mol. The van der Waals surface area contributed by atoms with Crippen molar-refractivity contribution < 1.29 is 0 Å². The number of rotatable bonds is 3. The van der Waals surface area contributed by atoms with Crippen molar-refractivity contribution >= 4 is 28.9 Å². The van der Waals surface area contributed by atoms with Crippen LogP contribution in [0.25, 0.3) is 0 Å². The van der Waals surface area contributed by atoms with Gasteiger partial charge in [-0.3, -0.25) is 0 Å². The van der Waals surface area contributed by atoms with E-state index in [2.05, 4.69) is 16.7 Å². The summed E-state index contributed by atoms with van der Waals surface area (Å²) >= 11 is 11.6. The maximum absolute atomic E-state index is 6.03. The van der Waals surface area contributed by atoms with Crippen molar-refractivity contribution in [1.29, 1.82) is 0 Å². The van der Waals surface area contributed by atoms with Crippen molar-refractivity contribution in [2.45, 2.75) is 50.6 Å². The zero-order valence-electron chi connectivity index (χ0n) is 12.8. The average molecular weight is 335 g/mol. The Hall–Kier alpha value is -0.800. The molecule has 2 N–H and O–H groups in total. The molecule has 1 aromatic rings. The quantitative estimate of drug-likeness (QED) is 0.807. The van der Waals surface area contributed by atoms with Crippen molar-refractivity contribution in [3.05, 3.63) is 34.9 Å². The largest absolute Gasteiger partial charge is 0.359 e. The highest BCUT2D eigenvalue weighted by molar-refractivity contribution is 7.80. The van der Waals surface area contributed by atoms with E-state index in [1.807, 2.05) is 18.2 Å². The maximum atomic E-state index is 6.03. The molecule has 4 aliphatic carbocycles. The summed E-state index contributed by atoms with van der Waals surface area (Å²) in [6.07, 6.45) is 8.34. The predicted molar refractivity (Wildman–Crippen MR) is 94.9 cm³/mol. The minimum Gasteiger partial charge on any atom is -0.359 e. The Labute approximate surface area is 143 Å². The van der Waals surface area contributed by atoms with Crippen LogP contribution in [-0.2, 0) is 6.54 Å². The van der Waals surface area contributed by atoms with E-state index in [1.54, 1.807) is 0 Å². The first-order valence-electron chi connectivity index (χ1n) is 8.41. The van der Waals surface area contributed by atoms with Gasteiger partial charge in [0.15, 0.2) is 5.11 Å². The highest BCUT2D eigenvalue weighted by atomic mass is 35.5. The van der Waals surface area contributed by atoms with E-state index >= 15 is 0 Å². The van der Waals surface area contributed by atoms with Gasteiger partial charge in [-0.15, -0.1) is 0 Å². The van der Waals surface area contributed by atoms with Gasteiger partial charge >= 0.3 is 0 Å². The molecule has 0 heterocycles. The minimum absolute atomic E-state index is 0.285. The number of benzene rings is 1. The molecule has 0 saturated heterocycles. The van der Waals surface area contributed by atoms with E-state index < -0.39 is 0 Å². The smallest absolute Gasteiger partial charge is 0.166 e. The second-order valence-electron chi connectivity index (χ2n) is 7.64. The van der Waals surface area contributed by atoms with Crippen LogP contribution in [0.3, 0.4) is 0 Å². The van der Waals surface area contributed by atoms with E-state index in [1.165, 1.54) is 44.1 Å². The summed E-state index contributed by atoms with van der Waals surface area (Å²) in [5, 5.41) is 8.64. The molecule has 4 bridgehead atoms. The van der Waals surface area contributed by atoms with Crippen LogP contribution < -0.4 is 10.6 Å². The summed E-state index contributed by atoms with van der Waals surface area (Å²) in [6.45, 7) is 0.735. The molecule has 5 rings (SSSR count). The Morgan fingerprint density at radius 1 is 1.14 bits per heavy atom. The van der Waals surface area contributed by atoms with Crippen molar-refractivity contribution in [3.63, 3.8) is 0 Å². The lowest BCUT2D eigenvalue weighted by molar-refractivity contribution is -0.0101. The molecule has 4 fully saturated rings. The molecule has 22 heavy (non-hydrogen) atoms. The van der Waals surface area contributed by atoms with E-state index in [0.717, 1.165) is 34.4 Å². The molecule has 0 atom stereocenters. The van der Waals surface area contributed by atoms with Crippen LogP contribution in [0.1, 0.15) is 44.1 Å². The minimum atomic E-state index is 0.285. The molecule has 1 aromatic carbocycles. The third-order valence-electron chi connectivity index (χ3n) is 5.76. The van der Waals surface area contributed by atoms with Crippen LogP contribution in [0.5, 0.6) is 0 Å². The van der Waals surface area contributed by atoms with Crippen molar-refractivity contribution in [1.82, 2.24) is 10.6 Å². The molecule has 0 radical (unpaired) electrons. The highest BCUT2D eigenvalue weighted by Gasteiger charge is 2.51. The van der Waals surface area contributed by atoms with Crippen LogP contribution in [0, 0.1) is 17.8 Å². The third-order valence-corrected chi connectivity index (χ3v) is 6.24. The molecule has 0 aromatic heterocycles. The zero-order valence-corrected chi connectivity index (χ0v) is 14.3. The lowest BCUT2D eigenvalue weighted by atomic mass is 9.53. The van der Waals surface area contributed by atoms with E-state index in [9.17, 15) is 0 Å². The van der Waals surface area contributed by atoms with Crippen LogP contribution in [0.15, 0.2) is 24.3 Å². The van der Waals surface area contributed by atoms with E-state index in [-0.39, 0.29) is 5.54 Å². The summed E-state index contributed by atoms with van der Waals surface area (Å²) in [5.74, 6) is 2.82. The second kappa shape index (κ2) is 5.68. The maximum Gasteiger partial charge on any atom is 0.166 e. The Bertz CT molecular complexity index is 551. The fourth-order valence-corrected chi connectivity index (χ4v) is 5.88. The highest BCUT2D eigenvalue weighted by Crippen LogP contribution is 2.55. The first-order valence-corrected chi connectivity index (χ1v) is 9.19. The van der Waals surface area contributed by atoms with Gasteiger partial charge in [0.2, 0.25) is 0 Å². The monoisotopic (exact) mass is 334 g/mol. The molecular formula is C18H23ClN2S. The lowest BCUT2D eigenvalue weighted by Gasteiger charge is -2.57. The predicted octanol–water partition coefficient (Wildman–Crippen LogP) is 4.27. The van der Waals surface area contributed by atoms with Gasteiger partial charge in [0.1, 0.15) is 0 Å². The fraction of sp³-hybridized carbons (Fsp3) is 0.611. The number of thiocarbonyl (C=S) groups is 1. The summed E-state index contributed by atoms with van der Waals surface area (Å²) in [6, 6.07) is 7.94. The van der Waals surface area contributed by atoms with Gasteiger partial charge in [0, 0.05) is 17.1 Å². The number of nitrogens with one attached hydrogen (secondary N) is 2. The van der Waals surface area contributed by atoms with Crippen molar-refractivity contribution in [2.75, 3.05) is 0 Å². The topological polar surface area (TPSA) is 24.1 Å². The van der Waals surface area contributed by atoms with Crippen molar-refractivity contribution in [3.8, 4) is 0 Å². The van der Waals surface area contributed by atoms with Crippen LogP contribution in [-0.4, -0.2) is 10.7 Å². The Morgan fingerprint density at radius 2 is 1.77 bits per heavy atom. The Kier molecular flexibility index (Phi) is 3.82. The number of hydrogen-bond acceptors (Lipinski definition) is 1. The van der Waals surface area contributed by atoms with Gasteiger partial charge < -0.3 is 10.6 Å². The molecule has 4 heteroatoms. The molecule has 0 unspecified atom stereocenters. The van der Waals surface area contributed by atoms with Crippen LogP contribution in [0.2, 0.25) is 5.02 Å². The van der Waals surface area contributed by atoms with Gasteiger partial charge in [-0.05, 0) is 86.2 Å². The normalized spacial score (nSPS) is 35.4. The lowest BCUT2D eigenvalue weighted by Crippen LogP contribution is -2.61. The standard InChI is InChI=1S/C18H23ClN2S/c19-16-3-1-2-12(7-16)11-20-17(22)21-18-8-13-4-14(9-18)6-15(5-13)10-18/h1-3,7,13-15H,4-6,8-11H2,(H2,20,21,22). The van der Waals surface area contributed by atoms with Gasteiger partial charge in [-0.2, -0.15) is 0 Å². The van der Waals surface area contributed by atoms with E-state index in [4.69, 9.17) is 23.8 Å². The average Bonchev–Trinajstić information content (AvgIpc) is 2.43. The summed E-state index contributed by atoms with van der Waals surface area (Å²) in [4.78, 5) is 0. The Morgan fingerprint density at radius 3 is 2.36 bits per heavy atom. The Balaban J connectivity index is 1.36. The molecule has 4 aliphatic rings. The number of hydrogen-bond donors (Lipinski definition) is 2. The first-order chi connectivity index (χ1) is 10.6. The summed E-state index contributed by atoms with van der Waals surface area (Å²) < 4.78 is 0. The molecule has 4 saturated carbocycles. The third kappa shape index (κ3) is 2.98. The molecule has 2 nitrogen and oxygen atoms in total. The van der Waals surface area contributed by atoms with Gasteiger partial charge in [-0.1, -0.05) is 23.7 Å². The number of halogens is 1. The van der Waals surface area contributed by atoms with E-state index in [0.29, 0.717) is 0 Å². The second-order valence-corrected chi connectivity index (χ2v) is 8.48. The van der Waals surface area contributed by atoms with Crippen LogP contribution in [0.4, 0.5) is 0 Å². The fourth-order valence-electron chi connectivity index (χ4n) is 5.38. The SMILES string of the molecule is S=C(NCc1cccc(Cl)c1)NC12CC3CC(CC(C3)C1)C2. The van der Waals surface area contributed by atoms with Gasteiger partial charge in [0.05, 0.1) is 0 Å².